The van der Waals surface area contributed by atoms with E-state index in [1.165, 1.54) is 0 Å². The first-order chi connectivity index (χ1) is 10.2. The molecule has 3 aromatic rings. The second kappa shape index (κ2) is 5.46. The monoisotopic (exact) mass is 300 g/mol. The lowest BCUT2D eigenvalue weighted by atomic mass is 10.1. The van der Waals surface area contributed by atoms with Crippen LogP contribution in [0.2, 0.25) is 5.02 Å². The predicted molar refractivity (Wildman–Crippen MR) is 82.8 cm³/mol. The molecule has 0 aliphatic carbocycles. The van der Waals surface area contributed by atoms with Crippen LogP contribution in [0.5, 0.6) is 0 Å². The standard InChI is InChI=1S/C15H13ClN4O/c16-11-6-4-10(5-7-11)15-12(9-13(17)19-21)20-8-2-1-3-14(20)18-15/h1-8,21H,9H2,(H2,17,19). The highest BCUT2D eigenvalue weighted by Crippen LogP contribution is 2.26. The molecule has 0 spiro atoms. The SMILES string of the molecule is N/C(Cc1c(-c2ccc(Cl)cc2)nc2ccccn12)=N\O. The first kappa shape index (κ1) is 13.5. The van der Waals surface area contributed by atoms with Crippen LogP contribution in [-0.2, 0) is 6.42 Å². The van der Waals surface area contributed by atoms with Crippen LogP contribution in [0, 0.1) is 0 Å². The minimum absolute atomic E-state index is 0.135. The Morgan fingerprint density at radius 2 is 2.00 bits per heavy atom. The number of nitrogens with zero attached hydrogens (tertiary/aromatic N) is 3. The van der Waals surface area contributed by atoms with Crippen molar-refractivity contribution < 1.29 is 5.21 Å². The zero-order valence-corrected chi connectivity index (χ0v) is 11.8. The average Bonchev–Trinajstić information content (AvgIpc) is 2.87. The fraction of sp³-hybridized carbons (Fsp3) is 0.0667. The number of pyridine rings is 1. The summed E-state index contributed by atoms with van der Waals surface area (Å²) in [7, 11) is 0. The van der Waals surface area contributed by atoms with E-state index >= 15 is 0 Å². The zero-order chi connectivity index (χ0) is 14.8. The lowest BCUT2D eigenvalue weighted by Gasteiger charge is -2.04. The summed E-state index contributed by atoms with van der Waals surface area (Å²) in [6, 6.07) is 13.2. The third-order valence-corrected chi connectivity index (χ3v) is 3.48. The lowest BCUT2D eigenvalue weighted by molar-refractivity contribution is 0.317. The van der Waals surface area contributed by atoms with E-state index in [9.17, 15) is 0 Å². The number of oxime groups is 1. The Bertz CT molecular complexity index is 808. The Labute approximate surface area is 126 Å². The van der Waals surface area contributed by atoms with Gasteiger partial charge in [-0.15, -0.1) is 0 Å². The van der Waals surface area contributed by atoms with Gasteiger partial charge in [0, 0.05) is 16.8 Å². The molecule has 6 heteroatoms. The number of halogens is 1. The highest BCUT2D eigenvalue weighted by Gasteiger charge is 2.15. The van der Waals surface area contributed by atoms with Gasteiger partial charge >= 0.3 is 0 Å². The summed E-state index contributed by atoms with van der Waals surface area (Å²) in [4.78, 5) is 4.63. The summed E-state index contributed by atoms with van der Waals surface area (Å²) in [6.45, 7) is 0. The maximum absolute atomic E-state index is 8.82. The van der Waals surface area contributed by atoms with Crippen LogP contribution >= 0.6 is 11.6 Å². The van der Waals surface area contributed by atoms with Crippen molar-refractivity contribution in [2.45, 2.75) is 6.42 Å². The molecule has 0 radical (unpaired) electrons. The van der Waals surface area contributed by atoms with Gasteiger partial charge in [0.2, 0.25) is 0 Å². The molecule has 0 unspecified atom stereocenters. The topological polar surface area (TPSA) is 75.9 Å². The second-order valence-corrected chi connectivity index (χ2v) is 5.05. The van der Waals surface area contributed by atoms with Crippen molar-refractivity contribution in [2.24, 2.45) is 10.9 Å². The molecule has 0 fully saturated rings. The Hall–Kier alpha value is -2.53. The smallest absolute Gasteiger partial charge is 0.145 e. The van der Waals surface area contributed by atoms with E-state index in [0.717, 1.165) is 22.6 Å². The summed E-state index contributed by atoms with van der Waals surface area (Å²) < 4.78 is 1.93. The number of amidine groups is 1. The number of hydrogen-bond acceptors (Lipinski definition) is 3. The van der Waals surface area contributed by atoms with E-state index in [4.69, 9.17) is 22.5 Å². The number of benzene rings is 1. The van der Waals surface area contributed by atoms with Crippen molar-refractivity contribution in [3.05, 3.63) is 59.4 Å². The van der Waals surface area contributed by atoms with Gasteiger partial charge in [0.15, 0.2) is 0 Å². The molecule has 3 rings (SSSR count). The molecule has 2 heterocycles. The minimum Gasteiger partial charge on any atom is -0.409 e. The molecule has 0 bridgehead atoms. The van der Waals surface area contributed by atoms with Crippen LogP contribution in [0.25, 0.3) is 16.9 Å². The van der Waals surface area contributed by atoms with E-state index in [2.05, 4.69) is 10.1 Å². The van der Waals surface area contributed by atoms with E-state index in [1.54, 1.807) is 0 Å². The summed E-state index contributed by atoms with van der Waals surface area (Å²) in [5.74, 6) is 0.135. The number of hydrogen-bond donors (Lipinski definition) is 2. The normalized spacial score (nSPS) is 12.0. The largest absolute Gasteiger partial charge is 0.409 e. The lowest BCUT2D eigenvalue weighted by Crippen LogP contribution is -2.16. The van der Waals surface area contributed by atoms with Crippen LogP contribution in [0.3, 0.4) is 0 Å². The van der Waals surface area contributed by atoms with Crippen LogP contribution in [-0.4, -0.2) is 20.4 Å². The van der Waals surface area contributed by atoms with Crippen LogP contribution in [0.15, 0.2) is 53.8 Å². The van der Waals surface area contributed by atoms with Crippen molar-refractivity contribution in [3.63, 3.8) is 0 Å². The number of imidazole rings is 1. The molecule has 0 amide bonds. The Morgan fingerprint density at radius 1 is 1.24 bits per heavy atom. The highest BCUT2D eigenvalue weighted by atomic mass is 35.5. The summed E-state index contributed by atoms with van der Waals surface area (Å²) in [5.41, 5.74) is 9.07. The molecule has 1 aromatic carbocycles. The maximum atomic E-state index is 8.82. The summed E-state index contributed by atoms with van der Waals surface area (Å²) in [5, 5.41) is 12.5. The number of fused-ring (bicyclic) bond motifs is 1. The van der Waals surface area contributed by atoms with Gasteiger partial charge in [-0.1, -0.05) is 35.0 Å². The fourth-order valence-electron chi connectivity index (χ4n) is 2.26. The van der Waals surface area contributed by atoms with Crippen LogP contribution in [0.1, 0.15) is 5.69 Å². The molecule has 21 heavy (non-hydrogen) atoms. The number of rotatable bonds is 3. The molecule has 3 N–H and O–H groups in total. The van der Waals surface area contributed by atoms with Gasteiger partial charge in [0.25, 0.3) is 0 Å². The quantitative estimate of drug-likeness (QED) is 0.338. The van der Waals surface area contributed by atoms with E-state index in [1.807, 2.05) is 53.1 Å². The van der Waals surface area contributed by atoms with Gasteiger partial charge in [-0.3, -0.25) is 0 Å². The van der Waals surface area contributed by atoms with Gasteiger partial charge in [-0.2, -0.15) is 0 Å². The van der Waals surface area contributed by atoms with Gasteiger partial charge in [0.1, 0.15) is 11.5 Å². The van der Waals surface area contributed by atoms with Crippen molar-refractivity contribution in [1.82, 2.24) is 9.38 Å². The van der Waals surface area contributed by atoms with Gasteiger partial charge < -0.3 is 15.3 Å². The molecule has 5 nitrogen and oxygen atoms in total. The maximum Gasteiger partial charge on any atom is 0.145 e. The molecular weight excluding hydrogens is 288 g/mol. The third kappa shape index (κ3) is 2.55. The zero-order valence-electron chi connectivity index (χ0n) is 11.1. The first-order valence-electron chi connectivity index (χ1n) is 6.37. The second-order valence-electron chi connectivity index (χ2n) is 4.61. The molecular formula is C15H13ClN4O. The van der Waals surface area contributed by atoms with E-state index in [0.29, 0.717) is 11.4 Å². The van der Waals surface area contributed by atoms with Crippen molar-refractivity contribution in [1.29, 1.82) is 0 Å². The Morgan fingerprint density at radius 3 is 2.71 bits per heavy atom. The molecule has 0 aliphatic heterocycles. The minimum atomic E-state index is 0.135. The Balaban J connectivity index is 2.20. The van der Waals surface area contributed by atoms with Crippen LogP contribution in [0.4, 0.5) is 0 Å². The summed E-state index contributed by atoms with van der Waals surface area (Å²) >= 11 is 5.93. The predicted octanol–water partition coefficient (Wildman–Crippen LogP) is 2.94. The first-order valence-corrected chi connectivity index (χ1v) is 6.75. The van der Waals surface area contributed by atoms with Gasteiger partial charge in [-0.25, -0.2) is 4.98 Å². The van der Waals surface area contributed by atoms with Gasteiger partial charge in [0.05, 0.1) is 17.8 Å². The molecule has 0 saturated carbocycles. The summed E-state index contributed by atoms with van der Waals surface area (Å²) in [6.07, 6.45) is 2.21. The van der Waals surface area contributed by atoms with Crippen molar-refractivity contribution >= 4 is 23.1 Å². The number of nitrogens with two attached hydrogens (primary N) is 1. The van der Waals surface area contributed by atoms with E-state index in [-0.39, 0.29) is 5.84 Å². The molecule has 2 aromatic heterocycles. The van der Waals surface area contributed by atoms with Crippen LogP contribution < -0.4 is 5.73 Å². The fourth-order valence-corrected chi connectivity index (χ4v) is 2.39. The van der Waals surface area contributed by atoms with Gasteiger partial charge in [-0.05, 0) is 24.3 Å². The molecule has 0 atom stereocenters. The van der Waals surface area contributed by atoms with E-state index < -0.39 is 0 Å². The number of aromatic nitrogens is 2. The average molecular weight is 301 g/mol. The highest BCUT2D eigenvalue weighted by molar-refractivity contribution is 6.30. The molecule has 0 saturated heterocycles. The Kier molecular flexibility index (Phi) is 3.50. The molecule has 106 valence electrons. The molecule has 0 aliphatic rings. The third-order valence-electron chi connectivity index (χ3n) is 3.22. The van der Waals surface area contributed by atoms with Crippen molar-refractivity contribution in [2.75, 3.05) is 0 Å². The van der Waals surface area contributed by atoms with Crippen molar-refractivity contribution in [3.8, 4) is 11.3 Å².